The third kappa shape index (κ3) is 4.50. The lowest BCUT2D eigenvalue weighted by Gasteiger charge is -2.36. The summed E-state index contributed by atoms with van der Waals surface area (Å²) in [4.78, 5) is 5.16. The fourth-order valence-corrected chi connectivity index (χ4v) is 3.18. The van der Waals surface area contributed by atoms with E-state index in [9.17, 15) is 0 Å². The van der Waals surface area contributed by atoms with E-state index in [-0.39, 0.29) is 0 Å². The highest BCUT2D eigenvalue weighted by Gasteiger charge is 2.21. The summed E-state index contributed by atoms with van der Waals surface area (Å²) < 4.78 is 5.40. The fourth-order valence-electron chi connectivity index (χ4n) is 3.18. The Morgan fingerprint density at radius 2 is 1.78 bits per heavy atom. The fraction of sp³-hybridized carbons (Fsp3) is 1.00. The van der Waals surface area contributed by atoms with Crippen molar-refractivity contribution in [2.45, 2.75) is 38.1 Å². The second kappa shape index (κ2) is 8.10. The Balaban J connectivity index is 1.73. The molecule has 0 aromatic heterocycles. The lowest BCUT2D eigenvalue weighted by Crippen LogP contribution is -2.46. The Labute approximate surface area is 111 Å². The maximum absolute atomic E-state index is 5.77. The van der Waals surface area contributed by atoms with Crippen LogP contribution in [0.3, 0.4) is 0 Å². The Bertz CT molecular complexity index is 213. The van der Waals surface area contributed by atoms with E-state index in [2.05, 4.69) is 9.80 Å². The monoisotopic (exact) mass is 255 g/mol. The van der Waals surface area contributed by atoms with Crippen molar-refractivity contribution in [1.82, 2.24) is 9.80 Å². The Kier molecular flexibility index (Phi) is 6.41. The van der Waals surface area contributed by atoms with Crippen molar-refractivity contribution < 1.29 is 4.74 Å². The molecule has 106 valence electrons. The Morgan fingerprint density at radius 1 is 1.06 bits per heavy atom. The van der Waals surface area contributed by atoms with Crippen LogP contribution in [-0.4, -0.2) is 68.3 Å². The van der Waals surface area contributed by atoms with Crippen molar-refractivity contribution in [3.63, 3.8) is 0 Å². The van der Waals surface area contributed by atoms with Gasteiger partial charge in [0.15, 0.2) is 0 Å². The zero-order valence-corrected chi connectivity index (χ0v) is 11.6. The smallest absolute Gasteiger partial charge is 0.0594 e. The number of nitrogens with two attached hydrogens (primary N) is 1. The molecule has 0 unspecified atom stereocenters. The maximum Gasteiger partial charge on any atom is 0.0594 e. The van der Waals surface area contributed by atoms with Crippen molar-refractivity contribution in [2.24, 2.45) is 5.73 Å². The van der Waals surface area contributed by atoms with E-state index in [1.54, 1.807) is 0 Å². The molecule has 2 aliphatic rings. The molecule has 0 amide bonds. The Morgan fingerprint density at radius 3 is 2.44 bits per heavy atom. The molecule has 0 aromatic carbocycles. The van der Waals surface area contributed by atoms with E-state index >= 15 is 0 Å². The number of hydrogen-bond acceptors (Lipinski definition) is 4. The van der Waals surface area contributed by atoms with Gasteiger partial charge in [0.25, 0.3) is 0 Å². The van der Waals surface area contributed by atoms with E-state index in [1.807, 2.05) is 0 Å². The van der Waals surface area contributed by atoms with Crippen LogP contribution in [0.15, 0.2) is 0 Å². The summed E-state index contributed by atoms with van der Waals surface area (Å²) >= 11 is 0. The van der Waals surface area contributed by atoms with Crippen molar-refractivity contribution in [1.29, 1.82) is 0 Å². The molecule has 0 radical (unpaired) electrons. The highest BCUT2D eigenvalue weighted by atomic mass is 16.5. The highest BCUT2D eigenvalue weighted by Crippen LogP contribution is 2.22. The molecule has 2 rings (SSSR count). The van der Waals surface area contributed by atoms with Gasteiger partial charge in [-0.2, -0.15) is 0 Å². The summed E-state index contributed by atoms with van der Waals surface area (Å²) in [7, 11) is 0. The number of nitrogens with zero attached hydrogens (tertiary/aromatic N) is 2. The summed E-state index contributed by atoms with van der Waals surface area (Å²) in [5, 5.41) is 0. The van der Waals surface area contributed by atoms with Gasteiger partial charge in [0.1, 0.15) is 0 Å². The van der Waals surface area contributed by atoms with Gasteiger partial charge in [0, 0.05) is 45.3 Å². The predicted molar refractivity (Wildman–Crippen MR) is 74.8 cm³/mol. The minimum Gasteiger partial charge on any atom is -0.379 e. The molecule has 1 saturated heterocycles. The maximum atomic E-state index is 5.77. The van der Waals surface area contributed by atoms with Gasteiger partial charge in [-0.15, -0.1) is 0 Å². The van der Waals surface area contributed by atoms with Gasteiger partial charge >= 0.3 is 0 Å². The molecule has 4 nitrogen and oxygen atoms in total. The van der Waals surface area contributed by atoms with Gasteiger partial charge in [0.2, 0.25) is 0 Å². The van der Waals surface area contributed by atoms with Crippen LogP contribution in [0, 0.1) is 0 Å². The van der Waals surface area contributed by atoms with E-state index in [1.165, 1.54) is 45.2 Å². The van der Waals surface area contributed by atoms with Gasteiger partial charge in [-0.05, 0) is 12.8 Å². The summed E-state index contributed by atoms with van der Waals surface area (Å²) in [6, 6.07) is 0.795. The molecule has 18 heavy (non-hydrogen) atoms. The summed E-state index contributed by atoms with van der Waals surface area (Å²) in [5.41, 5.74) is 5.77. The van der Waals surface area contributed by atoms with Crippen LogP contribution < -0.4 is 5.73 Å². The van der Waals surface area contributed by atoms with Crippen LogP contribution in [0.1, 0.15) is 32.1 Å². The molecule has 2 N–H and O–H groups in total. The van der Waals surface area contributed by atoms with Gasteiger partial charge in [0.05, 0.1) is 13.2 Å². The molecular formula is C14H29N3O. The number of morpholine rings is 1. The third-order valence-electron chi connectivity index (χ3n) is 4.31. The van der Waals surface area contributed by atoms with Gasteiger partial charge in [-0.25, -0.2) is 0 Å². The predicted octanol–water partition coefficient (Wildman–Crippen LogP) is 0.912. The molecular weight excluding hydrogens is 226 g/mol. The quantitative estimate of drug-likeness (QED) is 0.766. The second-order valence-corrected chi connectivity index (χ2v) is 5.57. The van der Waals surface area contributed by atoms with E-state index in [4.69, 9.17) is 10.5 Å². The molecule has 2 fully saturated rings. The third-order valence-corrected chi connectivity index (χ3v) is 4.31. The average molecular weight is 255 g/mol. The van der Waals surface area contributed by atoms with Crippen molar-refractivity contribution >= 4 is 0 Å². The van der Waals surface area contributed by atoms with Crippen LogP contribution in [0.25, 0.3) is 0 Å². The first-order valence-corrected chi connectivity index (χ1v) is 7.64. The van der Waals surface area contributed by atoms with E-state index in [0.717, 1.165) is 45.4 Å². The highest BCUT2D eigenvalue weighted by molar-refractivity contribution is 4.77. The van der Waals surface area contributed by atoms with Crippen molar-refractivity contribution in [3.8, 4) is 0 Å². The van der Waals surface area contributed by atoms with Crippen LogP contribution in [0.4, 0.5) is 0 Å². The topological polar surface area (TPSA) is 41.7 Å². The minimum absolute atomic E-state index is 0.791. The SMILES string of the molecule is NCCN(CCN1CCOCC1)C1CCCCC1. The van der Waals surface area contributed by atoms with Crippen molar-refractivity contribution in [2.75, 3.05) is 52.5 Å². The summed E-state index contributed by atoms with van der Waals surface area (Å²) in [6.07, 6.45) is 7.00. The Hall–Kier alpha value is -0.160. The number of rotatable bonds is 6. The first kappa shape index (κ1) is 14.3. The summed E-state index contributed by atoms with van der Waals surface area (Å²) in [5.74, 6) is 0. The lowest BCUT2D eigenvalue weighted by atomic mass is 9.94. The zero-order valence-electron chi connectivity index (χ0n) is 11.6. The molecule has 0 bridgehead atoms. The second-order valence-electron chi connectivity index (χ2n) is 5.57. The molecule has 0 atom stereocenters. The molecule has 1 heterocycles. The van der Waals surface area contributed by atoms with Crippen LogP contribution in [0.2, 0.25) is 0 Å². The van der Waals surface area contributed by atoms with Gasteiger partial charge < -0.3 is 10.5 Å². The molecule has 1 saturated carbocycles. The largest absolute Gasteiger partial charge is 0.379 e. The molecule has 1 aliphatic heterocycles. The van der Waals surface area contributed by atoms with Crippen molar-refractivity contribution in [3.05, 3.63) is 0 Å². The first-order chi connectivity index (χ1) is 8.90. The molecule has 0 aromatic rings. The molecule has 1 aliphatic carbocycles. The normalized spacial score (nSPS) is 23.7. The average Bonchev–Trinajstić information content (AvgIpc) is 2.45. The standard InChI is InChI=1S/C14H29N3O/c15-6-7-17(14-4-2-1-3-5-14)9-8-16-10-12-18-13-11-16/h14H,1-13,15H2. The molecule has 0 spiro atoms. The van der Waals surface area contributed by atoms with Crippen LogP contribution >= 0.6 is 0 Å². The van der Waals surface area contributed by atoms with E-state index < -0.39 is 0 Å². The molecule has 4 heteroatoms. The zero-order chi connectivity index (χ0) is 12.6. The van der Waals surface area contributed by atoms with Crippen LogP contribution in [-0.2, 0) is 4.74 Å². The minimum atomic E-state index is 0.791. The lowest BCUT2D eigenvalue weighted by molar-refractivity contribution is 0.0295. The first-order valence-electron chi connectivity index (χ1n) is 7.64. The number of ether oxygens (including phenoxy) is 1. The van der Waals surface area contributed by atoms with Gasteiger partial charge in [-0.1, -0.05) is 19.3 Å². The summed E-state index contributed by atoms with van der Waals surface area (Å²) in [6.45, 7) is 8.22. The van der Waals surface area contributed by atoms with E-state index in [0.29, 0.717) is 0 Å². The van der Waals surface area contributed by atoms with Crippen LogP contribution in [0.5, 0.6) is 0 Å². The van der Waals surface area contributed by atoms with Gasteiger partial charge in [-0.3, -0.25) is 9.80 Å². The number of hydrogen-bond donors (Lipinski definition) is 1.